The molecule has 2 N–H and O–H groups in total. The molecular formula is C14H19NO. The van der Waals surface area contributed by atoms with Crippen molar-refractivity contribution in [2.45, 2.75) is 32.8 Å². The first-order chi connectivity index (χ1) is 7.74. The fourth-order valence-electron chi connectivity index (χ4n) is 1.27. The van der Waals surface area contributed by atoms with E-state index in [4.69, 9.17) is 10.5 Å². The number of para-hydroxylation sites is 1. The maximum Gasteiger partial charge on any atom is 0.135 e. The summed E-state index contributed by atoms with van der Waals surface area (Å²) in [5.41, 5.74) is 6.36. The van der Waals surface area contributed by atoms with Crippen molar-refractivity contribution >= 4 is 0 Å². The van der Waals surface area contributed by atoms with Gasteiger partial charge in [-0.15, -0.1) is 0 Å². The monoisotopic (exact) mass is 217 g/mol. The van der Waals surface area contributed by atoms with Gasteiger partial charge in [0.05, 0.1) is 11.7 Å². The third-order valence-electron chi connectivity index (χ3n) is 1.98. The van der Waals surface area contributed by atoms with Crippen molar-refractivity contribution < 1.29 is 4.74 Å². The smallest absolute Gasteiger partial charge is 0.135 e. The van der Waals surface area contributed by atoms with Crippen molar-refractivity contribution in [2.24, 2.45) is 5.73 Å². The summed E-state index contributed by atoms with van der Waals surface area (Å²) in [7, 11) is 0. The van der Waals surface area contributed by atoms with Crippen molar-refractivity contribution in [3.8, 4) is 17.6 Å². The first-order valence-corrected chi connectivity index (χ1v) is 5.68. The minimum Gasteiger partial charge on any atom is -0.490 e. The molecular weight excluding hydrogens is 198 g/mol. The van der Waals surface area contributed by atoms with Gasteiger partial charge in [-0.05, 0) is 38.9 Å². The molecule has 16 heavy (non-hydrogen) atoms. The number of benzene rings is 1. The predicted molar refractivity (Wildman–Crippen MR) is 67.4 cm³/mol. The highest BCUT2D eigenvalue weighted by molar-refractivity contribution is 5.45. The van der Waals surface area contributed by atoms with Crippen LogP contribution in [0.3, 0.4) is 0 Å². The Labute approximate surface area is 97.8 Å². The van der Waals surface area contributed by atoms with Gasteiger partial charge in [-0.2, -0.15) is 0 Å². The first-order valence-electron chi connectivity index (χ1n) is 5.68. The van der Waals surface area contributed by atoms with Crippen molar-refractivity contribution in [1.29, 1.82) is 0 Å². The molecule has 1 aromatic rings. The molecule has 0 saturated heterocycles. The third-order valence-corrected chi connectivity index (χ3v) is 1.98. The lowest BCUT2D eigenvalue weighted by atomic mass is 10.2. The van der Waals surface area contributed by atoms with Gasteiger partial charge in [0.15, 0.2) is 0 Å². The molecule has 2 nitrogen and oxygen atoms in total. The molecule has 0 unspecified atom stereocenters. The van der Waals surface area contributed by atoms with Crippen LogP contribution in [0.4, 0.5) is 0 Å². The van der Waals surface area contributed by atoms with E-state index in [-0.39, 0.29) is 6.10 Å². The van der Waals surface area contributed by atoms with E-state index in [9.17, 15) is 0 Å². The summed E-state index contributed by atoms with van der Waals surface area (Å²) in [6, 6.07) is 7.86. The zero-order chi connectivity index (χ0) is 11.8. The summed E-state index contributed by atoms with van der Waals surface area (Å²) in [4.78, 5) is 0. The van der Waals surface area contributed by atoms with E-state index >= 15 is 0 Å². The van der Waals surface area contributed by atoms with Gasteiger partial charge in [-0.3, -0.25) is 0 Å². The average molecular weight is 217 g/mol. The van der Waals surface area contributed by atoms with Crippen molar-refractivity contribution in [3.63, 3.8) is 0 Å². The standard InChI is InChI=1S/C14H19NO/c1-12(2)16-14-10-6-5-9-13(14)8-4-3-7-11-15/h5-6,9-10,12H,3,7,11,15H2,1-2H3. The summed E-state index contributed by atoms with van der Waals surface area (Å²) >= 11 is 0. The van der Waals surface area contributed by atoms with Crippen molar-refractivity contribution in [2.75, 3.05) is 6.54 Å². The maximum atomic E-state index is 5.68. The molecule has 0 aliphatic rings. The minimum atomic E-state index is 0.173. The Bertz CT molecular complexity index is 374. The Morgan fingerprint density at radius 1 is 1.31 bits per heavy atom. The topological polar surface area (TPSA) is 35.2 Å². The van der Waals surface area contributed by atoms with Gasteiger partial charge in [0.2, 0.25) is 0 Å². The fourth-order valence-corrected chi connectivity index (χ4v) is 1.27. The molecule has 1 rings (SSSR count). The summed E-state index contributed by atoms with van der Waals surface area (Å²) in [5, 5.41) is 0. The van der Waals surface area contributed by atoms with E-state index in [0.29, 0.717) is 6.54 Å². The maximum absolute atomic E-state index is 5.68. The van der Waals surface area contributed by atoms with E-state index in [1.165, 1.54) is 0 Å². The van der Waals surface area contributed by atoms with Crippen LogP contribution >= 0.6 is 0 Å². The van der Waals surface area contributed by atoms with Crippen molar-refractivity contribution in [1.82, 2.24) is 0 Å². The lowest BCUT2D eigenvalue weighted by Crippen LogP contribution is -2.06. The molecule has 0 amide bonds. The average Bonchev–Trinajstić information content (AvgIpc) is 2.26. The van der Waals surface area contributed by atoms with E-state index in [1.807, 2.05) is 38.1 Å². The Morgan fingerprint density at radius 3 is 2.75 bits per heavy atom. The summed E-state index contributed by atoms with van der Waals surface area (Å²) in [6.07, 6.45) is 1.96. The van der Waals surface area contributed by atoms with Gasteiger partial charge < -0.3 is 10.5 Å². The molecule has 0 aliphatic heterocycles. The second-order valence-electron chi connectivity index (χ2n) is 3.86. The van der Waals surface area contributed by atoms with Crippen LogP contribution < -0.4 is 10.5 Å². The van der Waals surface area contributed by atoms with Crippen LogP contribution in [0.2, 0.25) is 0 Å². The van der Waals surface area contributed by atoms with Gasteiger partial charge in [0, 0.05) is 6.42 Å². The number of unbranched alkanes of at least 4 members (excludes halogenated alkanes) is 1. The molecule has 0 fully saturated rings. The Hall–Kier alpha value is -1.46. The molecule has 0 saturated carbocycles. The number of hydrogen-bond donors (Lipinski definition) is 1. The van der Waals surface area contributed by atoms with E-state index in [1.54, 1.807) is 0 Å². The second kappa shape index (κ2) is 6.92. The molecule has 0 aromatic heterocycles. The largest absolute Gasteiger partial charge is 0.490 e. The van der Waals surface area contributed by atoms with Crippen LogP contribution in [-0.4, -0.2) is 12.6 Å². The van der Waals surface area contributed by atoms with Gasteiger partial charge in [-0.1, -0.05) is 24.0 Å². The summed E-state index contributed by atoms with van der Waals surface area (Å²) < 4.78 is 5.68. The number of nitrogens with two attached hydrogens (primary N) is 1. The molecule has 0 spiro atoms. The lowest BCUT2D eigenvalue weighted by molar-refractivity contribution is 0.242. The van der Waals surface area contributed by atoms with Crippen LogP contribution in [0.15, 0.2) is 24.3 Å². The zero-order valence-electron chi connectivity index (χ0n) is 9.99. The summed E-state index contributed by atoms with van der Waals surface area (Å²) in [6.45, 7) is 4.72. The molecule has 2 heteroatoms. The second-order valence-corrected chi connectivity index (χ2v) is 3.86. The van der Waals surface area contributed by atoms with E-state index in [2.05, 4.69) is 11.8 Å². The van der Waals surface area contributed by atoms with Gasteiger partial charge in [-0.25, -0.2) is 0 Å². The van der Waals surface area contributed by atoms with E-state index in [0.717, 1.165) is 24.2 Å². The van der Waals surface area contributed by atoms with E-state index < -0.39 is 0 Å². The molecule has 0 aliphatic carbocycles. The molecule has 0 heterocycles. The van der Waals surface area contributed by atoms with Crippen LogP contribution in [0.25, 0.3) is 0 Å². The molecule has 0 bridgehead atoms. The fraction of sp³-hybridized carbons (Fsp3) is 0.429. The summed E-state index contributed by atoms with van der Waals surface area (Å²) in [5.74, 6) is 7.09. The van der Waals surface area contributed by atoms with Gasteiger partial charge in [0.25, 0.3) is 0 Å². The Kier molecular flexibility index (Phi) is 5.45. The first kappa shape index (κ1) is 12.6. The highest BCUT2D eigenvalue weighted by atomic mass is 16.5. The van der Waals surface area contributed by atoms with Gasteiger partial charge >= 0.3 is 0 Å². The molecule has 1 aromatic carbocycles. The SMILES string of the molecule is CC(C)Oc1ccccc1C#CCCCN. The Balaban J connectivity index is 2.73. The van der Waals surface area contributed by atoms with Crippen LogP contribution in [0.5, 0.6) is 5.75 Å². The number of hydrogen-bond acceptors (Lipinski definition) is 2. The van der Waals surface area contributed by atoms with Crippen LogP contribution in [-0.2, 0) is 0 Å². The molecule has 86 valence electrons. The number of rotatable bonds is 4. The number of ether oxygens (including phenoxy) is 1. The lowest BCUT2D eigenvalue weighted by Gasteiger charge is -2.10. The van der Waals surface area contributed by atoms with Crippen molar-refractivity contribution in [3.05, 3.63) is 29.8 Å². The highest BCUT2D eigenvalue weighted by Crippen LogP contribution is 2.18. The van der Waals surface area contributed by atoms with Crippen LogP contribution in [0, 0.1) is 11.8 Å². The molecule has 0 atom stereocenters. The Morgan fingerprint density at radius 2 is 2.06 bits per heavy atom. The third kappa shape index (κ3) is 4.37. The molecule has 0 radical (unpaired) electrons. The van der Waals surface area contributed by atoms with Crippen LogP contribution in [0.1, 0.15) is 32.3 Å². The quantitative estimate of drug-likeness (QED) is 0.621. The minimum absolute atomic E-state index is 0.173. The van der Waals surface area contributed by atoms with Gasteiger partial charge in [0.1, 0.15) is 5.75 Å². The predicted octanol–water partition coefficient (Wildman–Crippen LogP) is 2.56. The highest BCUT2D eigenvalue weighted by Gasteiger charge is 2.01. The zero-order valence-corrected chi connectivity index (χ0v) is 9.99. The normalized spacial score (nSPS) is 9.75.